The number of benzene rings is 3. The van der Waals surface area contributed by atoms with Gasteiger partial charge < -0.3 is 30.6 Å². The third kappa shape index (κ3) is 7.27. The number of nitrogens with zero attached hydrogens (tertiary/aromatic N) is 2. The largest absolute Gasteiger partial charge is 0.478 e. The summed E-state index contributed by atoms with van der Waals surface area (Å²) in [5.74, 6) is -0.623. The predicted octanol–water partition coefficient (Wildman–Crippen LogP) is 7.28. The third-order valence-electron chi connectivity index (χ3n) is 11.7. The summed E-state index contributed by atoms with van der Waals surface area (Å²) in [6, 6.07) is 22.1. The number of hydrogen-bond acceptors (Lipinski definition) is 6. The van der Waals surface area contributed by atoms with Crippen LogP contribution in [0.5, 0.6) is 0 Å². The van der Waals surface area contributed by atoms with Crippen molar-refractivity contribution in [1.82, 2.24) is 5.32 Å². The molecular weight excluding hydrogens is 640 g/mol. The molecule has 0 radical (unpaired) electrons. The molecule has 9 heteroatoms. The van der Waals surface area contributed by atoms with Crippen LogP contribution in [0.4, 0.5) is 17.1 Å². The van der Waals surface area contributed by atoms with Crippen molar-refractivity contribution in [2.75, 3.05) is 41.4 Å². The van der Waals surface area contributed by atoms with Gasteiger partial charge in [-0.15, -0.1) is 0 Å². The van der Waals surface area contributed by atoms with Crippen LogP contribution in [0.15, 0.2) is 72.8 Å². The third-order valence-corrected chi connectivity index (χ3v) is 11.7. The smallest absolute Gasteiger partial charge is 0.328 e. The van der Waals surface area contributed by atoms with Gasteiger partial charge in [-0.05, 0) is 97.5 Å². The average Bonchev–Trinajstić information content (AvgIpc) is 3.77. The Morgan fingerprint density at radius 2 is 1.57 bits per heavy atom. The zero-order chi connectivity index (χ0) is 35.4. The highest BCUT2D eigenvalue weighted by Gasteiger charge is 2.46. The average molecular weight is 691 g/mol. The van der Waals surface area contributed by atoms with E-state index in [1.807, 2.05) is 6.07 Å². The fourth-order valence-electron chi connectivity index (χ4n) is 9.21. The minimum atomic E-state index is -1.02. The van der Waals surface area contributed by atoms with Crippen molar-refractivity contribution >= 4 is 40.9 Å². The van der Waals surface area contributed by atoms with Crippen LogP contribution in [0.25, 0.3) is 6.08 Å². The molecule has 3 aromatic carbocycles. The summed E-state index contributed by atoms with van der Waals surface area (Å²) in [6.07, 6.45) is 13.6. The van der Waals surface area contributed by atoms with Crippen LogP contribution in [0.1, 0.15) is 110 Å². The molecule has 2 amide bonds. The summed E-state index contributed by atoms with van der Waals surface area (Å²) in [7, 11) is 0. The Bertz CT molecular complexity index is 1760. The van der Waals surface area contributed by atoms with Gasteiger partial charge in [0.2, 0.25) is 5.91 Å². The molecule has 0 bridgehead atoms. The number of carboxylic acids is 1. The lowest BCUT2D eigenvalue weighted by Crippen LogP contribution is -2.55. The number of aliphatic hydroxyl groups is 1. The summed E-state index contributed by atoms with van der Waals surface area (Å²) < 4.78 is 0. The van der Waals surface area contributed by atoms with Crippen LogP contribution in [-0.4, -0.2) is 59.8 Å². The van der Waals surface area contributed by atoms with Gasteiger partial charge in [0.1, 0.15) is 5.54 Å². The van der Waals surface area contributed by atoms with Gasteiger partial charge in [0.25, 0.3) is 5.91 Å². The molecule has 2 fully saturated rings. The van der Waals surface area contributed by atoms with Gasteiger partial charge in [-0.2, -0.15) is 0 Å². The van der Waals surface area contributed by atoms with E-state index in [0.717, 1.165) is 50.5 Å². The van der Waals surface area contributed by atoms with E-state index in [0.29, 0.717) is 48.0 Å². The Labute approximate surface area is 300 Å². The van der Waals surface area contributed by atoms with Crippen LogP contribution in [0.2, 0.25) is 0 Å². The molecule has 2 aliphatic heterocycles. The van der Waals surface area contributed by atoms with Gasteiger partial charge in [-0.1, -0.05) is 68.5 Å². The van der Waals surface area contributed by atoms with Gasteiger partial charge in [0.15, 0.2) is 0 Å². The maximum Gasteiger partial charge on any atom is 0.328 e. The highest BCUT2D eigenvalue weighted by atomic mass is 16.4. The summed E-state index contributed by atoms with van der Waals surface area (Å²) in [5, 5.41) is 25.1. The number of fused-ring (bicyclic) bond motifs is 5. The van der Waals surface area contributed by atoms with Gasteiger partial charge in [-0.3, -0.25) is 9.59 Å². The Morgan fingerprint density at radius 3 is 2.31 bits per heavy atom. The van der Waals surface area contributed by atoms with E-state index in [9.17, 15) is 19.5 Å². The van der Waals surface area contributed by atoms with Crippen LogP contribution in [0.3, 0.4) is 0 Å². The van der Waals surface area contributed by atoms with Gasteiger partial charge in [-0.25, -0.2) is 4.79 Å². The molecule has 2 heterocycles. The van der Waals surface area contributed by atoms with Gasteiger partial charge in [0, 0.05) is 54.3 Å². The fourth-order valence-corrected chi connectivity index (χ4v) is 9.21. The Balaban J connectivity index is 1.18. The van der Waals surface area contributed by atoms with Crippen molar-refractivity contribution in [3.63, 3.8) is 0 Å². The molecule has 7 rings (SSSR count). The van der Waals surface area contributed by atoms with E-state index >= 15 is 0 Å². The van der Waals surface area contributed by atoms with Crippen LogP contribution in [-0.2, 0) is 9.59 Å². The number of carbonyl (C=O) groups is 3. The number of para-hydroxylation sites is 1. The zero-order valence-corrected chi connectivity index (χ0v) is 29.4. The molecule has 0 spiro atoms. The molecule has 51 heavy (non-hydrogen) atoms. The first kappa shape index (κ1) is 34.8. The first-order chi connectivity index (χ1) is 24.9. The van der Waals surface area contributed by atoms with Crippen molar-refractivity contribution in [3.8, 4) is 0 Å². The van der Waals surface area contributed by atoms with E-state index in [2.05, 4.69) is 56.8 Å². The van der Waals surface area contributed by atoms with Crippen LogP contribution < -0.4 is 20.4 Å². The lowest BCUT2D eigenvalue weighted by atomic mass is 9.73. The summed E-state index contributed by atoms with van der Waals surface area (Å²) in [6.45, 7) is 2.52. The van der Waals surface area contributed by atoms with Gasteiger partial charge >= 0.3 is 5.97 Å². The molecule has 2 aliphatic carbocycles. The Morgan fingerprint density at radius 1 is 0.824 bits per heavy atom. The second-order valence-corrected chi connectivity index (χ2v) is 14.8. The number of aliphatic hydroxyl groups excluding tert-OH is 1. The number of aliphatic carboxylic acids is 1. The number of carboxylic acid groups (broad SMARTS) is 1. The van der Waals surface area contributed by atoms with E-state index in [4.69, 9.17) is 5.11 Å². The maximum atomic E-state index is 14.2. The summed E-state index contributed by atoms with van der Waals surface area (Å²) in [5.41, 5.74) is 5.83. The molecule has 9 nitrogen and oxygen atoms in total. The highest BCUT2D eigenvalue weighted by molar-refractivity contribution is 6.04. The number of β-amino-alcohol motifs (C(OH)–C–C–N with tert-alkyl or cyclic N) is 1. The second kappa shape index (κ2) is 15.3. The molecule has 0 saturated heterocycles. The van der Waals surface area contributed by atoms with E-state index < -0.39 is 11.5 Å². The monoisotopic (exact) mass is 690 g/mol. The molecule has 4 aliphatic rings. The lowest BCUT2D eigenvalue weighted by molar-refractivity contribution is -0.131. The van der Waals surface area contributed by atoms with Crippen molar-refractivity contribution in [3.05, 3.63) is 95.1 Å². The molecule has 0 aromatic heterocycles. The number of rotatable bonds is 9. The van der Waals surface area contributed by atoms with Gasteiger partial charge in [0.05, 0.1) is 12.6 Å². The molecule has 2 atom stereocenters. The second-order valence-electron chi connectivity index (χ2n) is 14.8. The van der Waals surface area contributed by atoms with Crippen LogP contribution in [0, 0.1) is 5.92 Å². The van der Waals surface area contributed by atoms with E-state index in [1.165, 1.54) is 55.0 Å². The molecule has 4 N–H and O–H groups in total. The molecule has 2 unspecified atom stereocenters. The first-order valence-electron chi connectivity index (χ1n) is 18.9. The minimum absolute atomic E-state index is 0.117. The quantitative estimate of drug-likeness (QED) is 0.174. The van der Waals surface area contributed by atoms with Crippen molar-refractivity contribution in [1.29, 1.82) is 0 Å². The number of carbonyl (C=O) groups excluding carboxylic acids is 2. The van der Waals surface area contributed by atoms with Crippen LogP contribution >= 0.6 is 0 Å². The number of hydrogen-bond donors (Lipinski definition) is 4. The van der Waals surface area contributed by atoms with E-state index in [-0.39, 0.29) is 24.5 Å². The molecule has 268 valence electrons. The fraction of sp³-hybridized carbons (Fsp3) is 0.452. The normalized spacial score (nSPS) is 21.6. The van der Waals surface area contributed by atoms with Crippen molar-refractivity contribution < 1.29 is 24.6 Å². The van der Waals surface area contributed by atoms with E-state index in [1.54, 1.807) is 24.3 Å². The molecular formula is C42H50N4O5. The summed E-state index contributed by atoms with van der Waals surface area (Å²) in [4.78, 5) is 43.8. The topological polar surface area (TPSA) is 122 Å². The minimum Gasteiger partial charge on any atom is -0.478 e. The predicted molar refractivity (Wildman–Crippen MR) is 201 cm³/mol. The summed E-state index contributed by atoms with van der Waals surface area (Å²) >= 11 is 0. The lowest BCUT2D eigenvalue weighted by Gasteiger charge is -2.37. The number of nitrogens with one attached hydrogen (secondary N) is 2. The highest BCUT2D eigenvalue weighted by Crippen LogP contribution is 2.57. The SMILES string of the molecule is O=C(O)/C=C/c1ccc(NC(=O)C2(NC(=O)c3ccc4c(c3)N3CCCCN(CCO)c5ccccc5C3C4C3CCCCC3)CCCC2)cc1. The first-order valence-corrected chi connectivity index (χ1v) is 18.9. The maximum absolute atomic E-state index is 14.2. The van der Waals surface area contributed by atoms with Crippen molar-refractivity contribution in [2.45, 2.75) is 88.1 Å². The Kier molecular flexibility index (Phi) is 10.5. The van der Waals surface area contributed by atoms with Crippen molar-refractivity contribution in [2.24, 2.45) is 5.92 Å². The zero-order valence-electron chi connectivity index (χ0n) is 29.4. The number of anilines is 3. The molecule has 3 aromatic rings. The molecule has 2 saturated carbocycles. The Hall–Kier alpha value is -4.63. The standard InChI is InChI=1S/C42H50N4O5/c47-27-26-45-24-8-9-25-46-36-28-31(17-20-33(36)38(30-10-2-1-3-11-30)39(46)34-12-4-5-13-35(34)45)40(50)44-42(22-6-7-23-42)41(51)43-32-18-14-29(15-19-32)16-21-37(48)49/h4-5,12-21,28,30,38-39,47H,1-3,6-11,22-27H2,(H,43,51)(H,44,50)(H,48,49)/b21-16+. The number of amides is 2.